The third-order valence-electron chi connectivity index (χ3n) is 1.99. The SMILES string of the molecule is C[C@@](N)(C(=O)O)c1ccc(O)c(Br)c1. The molecule has 1 atom stereocenters. The quantitative estimate of drug-likeness (QED) is 0.750. The summed E-state index contributed by atoms with van der Waals surface area (Å²) in [4.78, 5) is 10.8. The Morgan fingerprint density at radius 3 is 2.57 bits per heavy atom. The predicted molar refractivity (Wildman–Crippen MR) is 55.0 cm³/mol. The van der Waals surface area contributed by atoms with Crippen molar-refractivity contribution in [2.24, 2.45) is 5.73 Å². The number of aliphatic carboxylic acids is 1. The van der Waals surface area contributed by atoms with Gasteiger partial charge in [-0.2, -0.15) is 0 Å². The number of phenols is 1. The number of phenolic OH excluding ortho intramolecular Hbond substituents is 1. The van der Waals surface area contributed by atoms with Crippen LogP contribution >= 0.6 is 15.9 Å². The number of carboxylic acid groups (broad SMARTS) is 1. The minimum absolute atomic E-state index is 0.0509. The smallest absolute Gasteiger partial charge is 0.328 e. The topological polar surface area (TPSA) is 83.6 Å². The molecule has 0 spiro atoms. The molecular weight excluding hydrogens is 250 g/mol. The summed E-state index contributed by atoms with van der Waals surface area (Å²) < 4.78 is 0.424. The zero-order chi connectivity index (χ0) is 10.9. The van der Waals surface area contributed by atoms with Gasteiger partial charge in [0.2, 0.25) is 0 Å². The maximum atomic E-state index is 10.8. The lowest BCUT2D eigenvalue weighted by Gasteiger charge is -2.19. The molecule has 1 rings (SSSR count). The van der Waals surface area contributed by atoms with Crippen LogP contribution < -0.4 is 5.73 Å². The molecule has 4 N–H and O–H groups in total. The van der Waals surface area contributed by atoms with Gasteiger partial charge in [-0.05, 0) is 40.5 Å². The van der Waals surface area contributed by atoms with Crippen molar-refractivity contribution in [3.8, 4) is 5.75 Å². The van der Waals surface area contributed by atoms with Crippen LogP contribution in [-0.4, -0.2) is 16.2 Å². The fourth-order valence-electron chi connectivity index (χ4n) is 0.953. The number of hydrogen-bond acceptors (Lipinski definition) is 3. The van der Waals surface area contributed by atoms with Crippen LogP contribution in [-0.2, 0) is 10.3 Å². The Hall–Kier alpha value is -1.07. The van der Waals surface area contributed by atoms with E-state index < -0.39 is 11.5 Å². The molecule has 0 aromatic heterocycles. The second kappa shape index (κ2) is 3.59. The highest BCUT2D eigenvalue weighted by Crippen LogP contribution is 2.28. The molecule has 1 aromatic carbocycles. The van der Waals surface area contributed by atoms with Crippen molar-refractivity contribution in [3.63, 3.8) is 0 Å². The minimum Gasteiger partial charge on any atom is -0.507 e. The van der Waals surface area contributed by atoms with E-state index in [0.717, 1.165) is 0 Å². The molecule has 0 saturated carbocycles. The molecular formula is C9H10BrNO3. The Bertz CT molecular complexity index is 376. The number of rotatable bonds is 2. The summed E-state index contributed by atoms with van der Waals surface area (Å²) >= 11 is 3.09. The van der Waals surface area contributed by atoms with E-state index in [0.29, 0.717) is 10.0 Å². The monoisotopic (exact) mass is 259 g/mol. The van der Waals surface area contributed by atoms with Gasteiger partial charge in [-0.1, -0.05) is 6.07 Å². The number of carbonyl (C=O) groups is 1. The highest BCUT2D eigenvalue weighted by Gasteiger charge is 2.30. The second-order valence-corrected chi connectivity index (χ2v) is 4.03. The van der Waals surface area contributed by atoms with Gasteiger partial charge in [0.05, 0.1) is 4.47 Å². The van der Waals surface area contributed by atoms with E-state index in [1.807, 2.05) is 0 Å². The van der Waals surface area contributed by atoms with Gasteiger partial charge < -0.3 is 15.9 Å². The van der Waals surface area contributed by atoms with Crippen molar-refractivity contribution < 1.29 is 15.0 Å². The molecule has 1 aromatic rings. The van der Waals surface area contributed by atoms with Crippen LogP contribution in [0.25, 0.3) is 0 Å². The number of aromatic hydroxyl groups is 1. The molecule has 0 radical (unpaired) electrons. The summed E-state index contributed by atoms with van der Waals surface area (Å²) in [5, 5.41) is 18.1. The molecule has 0 amide bonds. The van der Waals surface area contributed by atoms with Crippen LogP contribution in [0.4, 0.5) is 0 Å². The van der Waals surface area contributed by atoms with E-state index in [2.05, 4.69) is 15.9 Å². The third kappa shape index (κ3) is 1.88. The van der Waals surface area contributed by atoms with Crippen LogP contribution in [0.5, 0.6) is 5.75 Å². The van der Waals surface area contributed by atoms with Crippen LogP contribution in [0.3, 0.4) is 0 Å². The maximum Gasteiger partial charge on any atom is 0.328 e. The highest BCUT2D eigenvalue weighted by molar-refractivity contribution is 9.10. The molecule has 0 aliphatic carbocycles. The summed E-state index contributed by atoms with van der Waals surface area (Å²) in [6, 6.07) is 4.37. The minimum atomic E-state index is -1.45. The Balaban J connectivity index is 3.21. The van der Waals surface area contributed by atoms with Gasteiger partial charge in [0.25, 0.3) is 0 Å². The van der Waals surface area contributed by atoms with Crippen molar-refractivity contribution >= 4 is 21.9 Å². The number of carboxylic acids is 1. The average Bonchev–Trinajstić information content (AvgIpc) is 2.09. The summed E-state index contributed by atoms with van der Waals surface area (Å²) in [6.45, 7) is 1.40. The fourth-order valence-corrected chi connectivity index (χ4v) is 1.33. The van der Waals surface area contributed by atoms with Crippen molar-refractivity contribution in [1.29, 1.82) is 0 Å². The first-order valence-electron chi connectivity index (χ1n) is 3.87. The predicted octanol–water partition coefficient (Wildman–Crippen LogP) is 1.41. The lowest BCUT2D eigenvalue weighted by atomic mass is 9.93. The largest absolute Gasteiger partial charge is 0.507 e. The van der Waals surface area contributed by atoms with E-state index in [1.54, 1.807) is 0 Å². The van der Waals surface area contributed by atoms with Gasteiger partial charge in [0.1, 0.15) is 11.3 Å². The van der Waals surface area contributed by atoms with Crippen molar-refractivity contribution in [2.75, 3.05) is 0 Å². The van der Waals surface area contributed by atoms with Crippen LogP contribution in [0, 0.1) is 0 Å². The van der Waals surface area contributed by atoms with Crippen molar-refractivity contribution in [2.45, 2.75) is 12.5 Å². The first-order valence-corrected chi connectivity index (χ1v) is 4.66. The fraction of sp³-hybridized carbons (Fsp3) is 0.222. The summed E-state index contributed by atoms with van der Waals surface area (Å²) in [7, 11) is 0. The molecule has 0 aliphatic heterocycles. The van der Waals surface area contributed by atoms with E-state index in [-0.39, 0.29) is 5.75 Å². The lowest BCUT2D eigenvalue weighted by molar-refractivity contribution is -0.143. The van der Waals surface area contributed by atoms with E-state index in [9.17, 15) is 9.90 Å². The number of benzene rings is 1. The number of halogens is 1. The molecule has 5 heteroatoms. The Morgan fingerprint density at radius 1 is 1.57 bits per heavy atom. The van der Waals surface area contributed by atoms with Crippen molar-refractivity contribution in [3.05, 3.63) is 28.2 Å². The average molecular weight is 260 g/mol. The number of nitrogens with two attached hydrogens (primary N) is 1. The molecule has 0 bridgehead atoms. The van der Waals surface area contributed by atoms with E-state index >= 15 is 0 Å². The normalized spacial score (nSPS) is 14.8. The van der Waals surface area contributed by atoms with E-state index in [4.69, 9.17) is 10.8 Å². The van der Waals surface area contributed by atoms with Crippen LogP contribution in [0.1, 0.15) is 12.5 Å². The number of hydrogen-bond donors (Lipinski definition) is 3. The Kier molecular flexibility index (Phi) is 2.82. The molecule has 4 nitrogen and oxygen atoms in total. The first-order chi connectivity index (χ1) is 6.35. The molecule has 0 fully saturated rings. The van der Waals surface area contributed by atoms with Crippen LogP contribution in [0.15, 0.2) is 22.7 Å². The molecule has 0 aliphatic rings. The first kappa shape index (κ1) is 11.0. The summed E-state index contributed by atoms with van der Waals surface area (Å²) in [6.07, 6.45) is 0. The van der Waals surface area contributed by atoms with Gasteiger partial charge >= 0.3 is 5.97 Å². The maximum absolute atomic E-state index is 10.8. The van der Waals surface area contributed by atoms with Crippen molar-refractivity contribution in [1.82, 2.24) is 0 Å². The highest BCUT2D eigenvalue weighted by atomic mass is 79.9. The van der Waals surface area contributed by atoms with Gasteiger partial charge in [0, 0.05) is 0 Å². The van der Waals surface area contributed by atoms with Gasteiger partial charge in [0.15, 0.2) is 0 Å². The lowest BCUT2D eigenvalue weighted by Crippen LogP contribution is -2.41. The van der Waals surface area contributed by atoms with Gasteiger partial charge in [-0.3, -0.25) is 0 Å². The molecule has 0 heterocycles. The molecule has 14 heavy (non-hydrogen) atoms. The zero-order valence-electron chi connectivity index (χ0n) is 7.49. The summed E-state index contributed by atoms with van der Waals surface area (Å²) in [5.41, 5.74) is 4.58. The van der Waals surface area contributed by atoms with Gasteiger partial charge in [-0.15, -0.1) is 0 Å². The second-order valence-electron chi connectivity index (χ2n) is 3.17. The molecule has 0 unspecified atom stereocenters. The van der Waals surface area contributed by atoms with Crippen LogP contribution in [0.2, 0.25) is 0 Å². The standard InChI is InChI=1S/C9H10BrNO3/c1-9(11,8(13)14)5-2-3-7(12)6(10)4-5/h2-4,12H,11H2,1H3,(H,13,14)/t9-/m0/s1. The third-order valence-corrected chi connectivity index (χ3v) is 2.63. The Labute approximate surface area is 89.5 Å². The Morgan fingerprint density at radius 2 is 2.14 bits per heavy atom. The zero-order valence-corrected chi connectivity index (χ0v) is 9.08. The summed E-state index contributed by atoms with van der Waals surface area (Å²) in [5.74, 6) is -1.06. The van der Waals surface area contributed by atoms with E-state index in [1.165, 1.54) is 25.1 Å². The molecule has 76 valence electrons. The van der Waals surface area contributed by atoms with Gasteiger partial charge in [-0.25, -0.2) is 4.79 Å². The molecule has 0 saturated heterocycles.